The van der Waals surface area contributed by atoms with Crippen LogP contribution in [0.15, 0.2) is 22.6 Å². The van der Waals surface area contributed by atoms with E-state index in [0.717, 1.165) is 13.2 Å². The van der Waals surface area contributed by atoms with E-state index >= 15 is 0 Å². The lowest BCUT2D eigenvalue weighted by molar-refractivity contribution is 0.0751. The molecular formula is C12H13FN2O2. The maximum Gasteiger partial charge on any atom is 0.197 e. The van der Waals surface area contributed by atoms with Crippen LogP contribution >= 0.6 is 0 Å². The number of ether oxygens (including phenoxy) is 1. The molecule has 0 bridgehead atoms. The molecule has 1 saturated heterocycles. The molecule has 0 radical (unpaired) electrons. The van der Waals surface area contributed by atoms with Crippen molar-refractivity contribution in [2.75, 3.05) is 19.8 Å². The number of halogens is 1. The molecule has 2 heterocycles. The summed E-state index contributed by atoms with van der Waals surface area (Å²) in [7, 11) is 0. The molecule has 1 aliphatic rings. The molecule has 1 aliphatic heterocycles. The summed E-state index contributed by atoms with van der Waals surface area (Å²) in [6, 6.07) is 4.95. The Morgan fingerprint density at radius 1 is 1.47 bits per heavy atom. The lowest BCUT2D eigenvalue weighted by Crippen LogP contribution is -2.42. The maximum absolute atomic E-state index is 13.4. The molecule has 0 saturated carbocycles. The Hall–Kier alpha value is -1.46. The summed E-state index contributed by atoms with van der Waals surface area (Å²) in [5.41, 5.74) is 0.802. The first-order valence-corrected chi connectivity index (χ1v) is 5.68. The van der Waals surface area contributed by atoms with E-state index in [9.17, 15) is 4.39 Å². The minimum absolute atomic E-state index is 0.194. The summed E-state index contributed by atoms with van der Waals surface area (Å²) < 4.78 is 24.2. The summed E-state index contributed by atoms with van der Waals surface area (Å²) in [5.74, 6) is 0.183. The van der Waals surface area contributed by atoms with Crippen LogP contribution in [-0.2, 0) is 11.2 Å². The predicted molar refractivity (Wildman–Crippen MR) is 60.3 cm³/mol. The van der Waals surface area contributed by atoms with Gasteiger partial charge in [0, 0.05) is 19.0 Å². The molecule has 1 unspecified atom stereocenters. The van der Waals surface area contributed by atoms with Gasteiger partial charge in [-0.1, -0.05) is 6.07 Å². The number of para-hydroxylation sites is 1. The Balaban J connectivity index is 1.83. The number of aromatic nitrogens is 1. The molecule has 1 N–H and O–H groups in total. The van der Waals surface area contributed by atoms with Crippen LogP contribution in [0.1, 0.15) is 5.89 Å². The van der Waals surface area contributed by atoms with E-state index in [1.165, 1.54) is 6.07 Å². The van der Waals surface area contributed by atoms with Gasteiger partial charge in [0.25, 0.3) is 0 Å². The van der Waals surface area contributed by atoms with Gasteiger partial charge in [-0.2, -0.15) is 0 Å². The SMILES string of the molecule is Fc1cccc2nc(CC3COCCN3)oc12. The topological polar surface area (TPSA) is 47.3 Å². The number of morpholine rings is 1. The van der Waals surface area contributed by atoms with Crippen LogP contribution in [0, 0.1) is 5.82 Å². The highest BCUT2D eigenvalue weighted by molar-refractivity contribution is 5.72. The normalized spacial score (nSPS) is 20.9. The number of benzene rings is 1. The van der Waals surface area contributed by atoms with E-state index in [0.29, 0.717) is 24.4 Å². The maximum atomic E-state index is 13.4. The van der Waals surface area contributed by atoms with E-state index in [4.69, 9.17) is 9.15 Å². The van der Waals surface area contributed by atoms with Crippen molar-refractivity contribution in [3.8, 4) is 0 Å². The third kappa shape index (κ3) is 2.16. The zero-order valence-corrected chi connectivity index (χ0v) is 9.28. The van der Waals surface area contributed by atoms with Crippen LogP contribution < -0.4 is 5.32 Å². The van der Waals surface area contributed by atoms with Crippen LogP contribution in [0.3, 0.4) is 0 Å². The van der Waals surface area contributed by atoms with Crippen molar-refractivity contribution in [3.05, 3.63) is 29.9 Å². The Labute approximate surface area is 97.8 Å². The van der Waals surface area contributed by atoms with Gasteiger partial charge in [-0.25, -0.2) is 9.37 Å². The van der Waals surface area contributed by atoms with E-state index in [-0.39, 0.29) is 17.4 Å². The third-order valence-electron chi connectivity index (χ3n) is 2.83. The predicted octanol–water partition coefficient (Wildman–Crippen LogP) is 1.50. The minimum atomic E-state index is -0.367. The molecule has 5 heteroatoms. The number of hydrogen-bond acceptors (Lipinski definition) is 4. The molecule has 90 valence electrons. The minimum Gasteiger partial charge on any atom is -0.438 e. The summed E-state index contributed by atoms with van der Waals surface area (Å²) in [6.07, 6.45) is 0.619. The first-order valence-electron chi connectivity index (χ1n) is 5.68. The molecule has 0 aliphatic carbocycles. The number of rotatable bonds is 2. The van der Waals surface area contributed by atoms with Crippen molar-refractivity contribution in [2.45, 2.75) is 12.5 Å². The van der Waals surface area contributed by atoms with Crippen molar-refractivity contribution in [3.63, 3.8) is 0 Å². The van der Waals surface area contributed by atoms with Crippen molar-refractivity contribution in [1.82, 2.24) is 10.3 Å². The highest BCUT2D eigenvalue weighted by Crippen LogP contribution is 2.19. The van der Waals surface area contributed by atoms with Crippen LogP contribution in [0.2, 0.25) is 0 Å². The summed E-state index contributed by atoms with van der Waals surface area (Å²) in [4.78, 5) is 4.27. The molecule has 0 spiro atoms. The average Bonchev–Trinajstić information content (AvgIpc) is 2.74. The fraction of sp³-hybridized carbons (Fsp3) is 0.417. The number of fused-ring (bicyclic) bond motifs is 1. The van der Waals surface area contributed by atoms with Gasteiger partial charge in [0.05, 0.1) is 13.2 Å². The molecule has 1 atom stereocenters. The molecule has 1 fully saturated rings. The molecular weight excluding hydrogens is 223 g/mol. The largest absolute Gasteiger partial charge is 0.438 e. The Morgan fingerprint density at radius 2 is 2.41 bits per heavy atom. The Kier molecular flexibility index (Phi) is 2.78. The summed E-state index contributed by atoms with van der Waals surface area (Å²) >= 11 is 0. The van der Waals surface area contributed by atoms with E-state index < -0.39 is 0 Å². The molecule has 1 aromatic heterocycles. The molecule has 0 amide bonds. The zero-order chi connectivity index (χ0) is 11.7. The molecule has 1 aromatic carbocycles. The second-order valence-corrected chi connectivity index (χ2v) is 4.13. The number of hydrogen-bond donors (Lipinski definition) is 1. The second-order valence-electron chi connectivity index (χ2n) is 4.13. The number of oxazole rings is 1. The molecule has 17 heavy (non-hydrogen) atoms. The highest BCUT2D eigenvalue weighted by Gasteiger charge is 2.17. The molecule has 4 nitrogen and oxygen atoms in total. The van der Waals surface area contributed by atoms with Gasteiger partial charge in [-0.15, -0.1) is 0 Å². The van der Waals surface area contributed by atoms with E-state index in [1.54, 1.807) is 12.1 Å². The summed E-state index contributed by atoms with van der Waals surface area (Å²) in [5, 5.41) is 3.31. The fourth-order valence-electron chi connectivity index (χ4n) is 2.01. The van der Waals surface area contributed by atoms with Crippen LogP contribution in [0.5, 0.6) is 0 Å². The van der Waals surface area contributed by atoms with Crippen LogP contribution in [0.4, 0.5) is 4.39 Å². The number of nitrogens with one attached hydrogen (secondary N) is 1. The highest BCUT2D eigenvalue weighted by atomic mass is 19.1. The lowest BCUT2D eigenvalue weighted by atomic mass is 10.2. The standard InChI is InChI=1S/C12H13FN2O2/c13-9-2-1-3-10-12(9)17-11(15-10)6-8-7-16-5-4-14-8/h1-3,8,14H,4-7H2. The molecule has 2 aromatic rings. The Bertz CT molecular complexity index is 520. The van der Waals surface area contributed by atoms with Crippen molar-refractivity contribution >= 4 is 11.1 Å². The quantitative estimate of drug-likeness (QED) is 0.858. The smallest absolute Gasteiger partial charge is 0.197 e. The monoisotopic (exact) mass is 236 g/mol. The van der Waals surface area contributed by atoms with Gasteiger partial charge >= 0.3 is 0 Å². The Morgan fingerprint density at radius 3 is 3.18 bits per heavy atom. The first kappa shape index (κ1) is 10.7. The first-order chi connectivity index (χ1) is 8.33. The van der Waals surface area contributed by atoms with Gasteiger partial charge in [0.1, 0.15) is 5.52 Å². The third-order valence-corrected chi connectivity index (χ3v) is 2.83. The van der Waals surface area contributed by atoms with Crippen molar-refractivity contribution in [2.24, 2.45) is 0 Å². The van der Waals surface area contributed by atoms with Crippen LogP contribution in [-0.4, -0.2) is 30.8 Å². The van der Waals surface area contributed by atoms with E-state index in [2.05, 4.69) is 10.3 Å². The van der Waals surface area contributed by atoms with E-state index in [1.807, 2.05) is 0 Å². The van der Waals surface area contributed by atoms with Crippen molar-refractivity contribution < 1.29 is 13.5 Å². The zero-order valence-electron chi connectivity index (χ0n) is 9.28. The lowest BCUT2D eigenvalue weighted by Gasteiger charge is -2.22. The van der Waals surface area contributed by atoms with Gasteiger partial charge in [0.2, 0.25) is 0 Å². The van der Waals surface area contributed by atoms with Crippen LogP contribution in [0.25, 0.3) is 11.1 Å². The fourth-order valence-corrected chi connectivity index (χ4v) is 2.01. The van der Waals surface area contributed by atoms with Crippen molar-refractivity contribution in [1.29, 1.82) is 0 Å². The van der Waals surface area contributed by atoms with Gasteiger partial charge in [-0.3, -0.25) is 0 Å². The average molecular weight is 236 g/mol. The van der Waals surface area contributed by atoms with Gasteiger partial charge in [-0.05, 0) is 12.1 Å². The second kappa shape index (κ2) is 4.43. The number of nitrogens with zero attached hydrogens (tertiary/aromatic N) is 1. The van der Waals surface area contributed by atoms with Gasteiger partial charge < -0.3 is 14.5 Å². The molecule has 3 rings (SSSR count). The summed E-state index contributed by atoms with van der Waals surface area (Å²) in [6.45, 7) is 2.21. The van der Waals surface area contributed by atoms with Gasteiger partial charge in [0.15, 0.2) is 17.3 Å².